The van der Waals surface area contributed by atoms with Crippen LogP contribution in [0.1, 0.15) is 6.42 Å². The molecular formula is C5H7O3S. The first-order chi connectivity index (χ1) is 4.27. The molecule has 1 N–H and O–H groups in total. The summed E-state index contributed by atoms with van der Waals surface area (Å²) in [5.74, 6) is -0.219. The first kappa shape index (κ1) is 8.49. The zero-order valence-electron chi connectivity index (χ0n) is 4.79. The summed E-state index contributed by atoms with van der Waals surface area (Å²) in [4.78, 5) is 19.4. The molecule has 4 heteroatoms. The number of hydrogen-bond acceptors (Lipinski definition) is 3. The van der Waals surface area contributed by atoms with Crippen LogP contribution in [0.3, 0.4) is 0 Å². The van der Waals surface area contributed by atoms with Crippen molar-refractivity contribution in [3.8, 4) is 0 Å². The van der Waals surface area contributed by atoms with Gasteiger partial charge in [-0.3, -0.25) is 9.59 Å². The Kier molecular flexibility index (Phi) is 5.30. The van der Waals surface area contributed by atoms with Gasteiger partial charge in [0.05, 0.1) is 5.75 Å². The van der Waals surface area contributed by atoms with Crippen LogP contribution in [0, 0.1) is 0 Å². The molecule has 0 rings (SSSR count). The second kappa shape index (κ2) is 5.62. The molecule has 0 aliphatic rings. The van der Waals surface area contributed by atoms with Crippen LogP contribution in [0.25, 0.3) is 0 Å². The highest BCUT2D eigenvalue weighted by Gasteiger charge is 1.94. The first-order valence-corrected chi connectivity index (χ1v) is 3.57. The van der Waals surface area contributed by atoms with Gasteiger partial charge in [0.2, 0.25) is 0 Å². The van der Waals surface area contributed by atoms with Gasteiger partial charge in [-0.25, -0.2) is 0 Å². The molecule has 0 saturated carbocycles. The number of carbonyl (C=O) groups is 1. The Morgan fingerprint density at radius 1 is 1.67 bits per heavy atom. The van der Waals surface area contributed by atoms with Crippen molar-refractivity contribution in [3.05, 3.63) is 0 Å². The molecule has 9 heavy (non-hydrogen) atoms. The van der Waals surface area contributed by atoms with Crippen molar-refractivity contribution in [1.82, 2.24) is 0 Å². The minimum absolute atomic E-state index is 0.0711. The van der Waals surface area contributed by atoms with E-state index in [1.54, 1.807) is 6.29 Å². The van der Waals surface area contributed by atoms with Crippen molar-refractivity contribution in [2.75, 3.05) is 11.5 Å². The van der Waals surface area contributed by atoms with E-state index in [0.717, 1.165) is 0 Å². The average molecular weight is 147 g/mol. The van der Waals surface area contributed by atoms with E-state index < -0.39 is 5.97 Å². The molecule has 0 spiro atoms. The SMILES string of the molecule is O=[C]CCSCC(=O)O. The van der Waals surface area contributed by atoms with Crippen molar-refractivity contribution in [2.24, 2.45) is 0 Å². The highest BCUT2D eigenvalue weighted by molar-refractivity contribution is 7.99. The second-order valence-electron chi connectivity index (χ2n) is 1.34. The third kappa shape index (κ3) is 7.49. The summed E-state index contributed by atoms with van der Waals surface area (Å²) in [6.07, 6.45) is 2.00. The fourth-order valence-corrected chi connectivity index (χ4v) is 0.820. The number of thioether (sulfide) groups is 1. The van der Waals surface area contributed by atoms with Gasteiger partial charge in [-0.15, -0.1) is 11.8 Å². The van der Waals surface area contributed by atoms with Gasteiger partial charge in [-0.05, 0) is 0 Å². The van der Waals surface area contributed by atoms with Crippen LogP contribution in [0.4, 0.5) is 0 Å². The smallest absolute Gasteiger partial charge is 0.313 e. The van der Waals surface area contributed by atoms with Crippen molar-refractivity contribution in [1.29, 1.82) is 0 Å². The lowest BCUT2D eigenvalue weighted by atomic mass is 10.6. The summed E-state index contributed by atoms with van der Waals surface area (Å²) in [6, 6.07) is 0. The second-order valence-corrected chi connectivity index (χ2v) is 2.45. The van der Waals surface area contributed by atoms with E-state index in [0.29, 0.717) is 12.2 Å². The molecule has 0 aliphatic carbocycles. The lowest BCUT2D eigenvalue weighted by Gasteiger charge is -1.89. The molecule has 0 unspecified atom stereocenters. The number of rotatable bonds is 5. The standard InChI is InChI=1S/C5H7O3S/c6-2-1-3-9-4-5(7)8/h1,3-4H2,(H,7,8). The highest BCUT2D eigenvalue weighted by atomic mass is 32.2. The van der Waals surface area contributed by atoms with Crippen LogP contribution in [0.5, 0.6) is 0 Å². The summed E-state index contributed by atoms with van der Waals surface area (Å²) < 4.78 is 0. The lowest BCUT2D eigenvalue weighted by molar-refractivity contribution is -0.133. The largest absolute Gasteiger partial charge is 0.481 e. The number of aliphatic carboxylic acids is 1. The van der Waals surface area contributed by atoms with Crippen LogP contribution in [-0.4, -0.2) is 28.9 Å². The van der Waals surface area contributed by atoms with Crippen LogP contribution >= 0.6 is 11.8 Å². The molecule has 0 aromatic rings. The fourth-order valence-electron chi connectivity index (χ4n) is 0.273. The van der Waals surface area contributed by atoms with Gasteiger partial charge in [-0.1, -0.05) is 0 Å². The van der Waals surface area contributed by atoms with Crippen LogP contribution < -0.4 is 0 Å². The first-order valence-electron chi connectivity index (χ1n) is 2.42. The maximum Gasteiger partial charge on any atom is 0.313 e. The molecule has 0 bridgehead atoms. The summed E-state index contributed by atoms with van der Waals surface area (Å²) in [5, 5.41) is 8.09. The van der Waals surface area contributed by atoms with Crippen LogP contribution in [0.2, 0.25) is 0 Å². The third-order valence-corrected chi connectivity index (χ3v) is 1.52. The quantitative estimate of drug-likeness (QED) is 0.568. The molecule has 51 valence electrons. The molecule has 0 aliphatic heterocycles. The third-order valence-electron chi connectivity index (χ3n) is 0.574. The van der Waals surface area contributed by atoms with Crippen molar-refractivity contribution in [2.45, 2.75) is 6.42 Å². The van der Waals surface area contributed by atoms with E-state index in [-0.39, 0.29) is 5.75 Å². The molecule has 0 fully saturated rings. The fraction of sp³-hybridized carbons (Fsp3) is 0.600. The van der Waals surface area contributed by atoms with Crippen molar-refractivity contribution >= 4 is 24.0 Å². The van der Waals surface area contributed by atoms with Crippen molar-refractivity contribution < 1.29 is 14.7 Å². The molecule has 0 saturated heterocycles. The van der Waals surface area contributed by atoms with Crippen LogP contribution in [-0.2, 0) is 9.59 Å². The molecule has 0 atom stereocenters. The van der Waals surface area contributed by atoms with E-state index in [2.05, 4.69) is 0 Å². The normalized spacial score (nSPS) is 8.89. The Balaban J connectivity index is 2.91. The predicted octanol–water partition coefficient (Wildman–Crippen LogP) is 0.304. The van der Waals surface area contributed by atoms with Gasteiger partial charge < -0.3 is 5.11 Å². The predicted molar refractivity (Wildman–Crippen MR) is 35.3 cm³/mol. The lowest BCUT2D eigenvalue weighted by Crippen LogP contribution is -1.98. The van der Waals surface area contributed by atoms with E-state index in [4.69, 9.17) is 5.11 Å². The minimum atomic E-state index is -0.842. The summed E-state index contributed by atoms with van der Waals surface area (Å²) >= 11 is 1.22. The zero-order chi connectivity index (χ0) is 7.11. The van der Waals surface area contributed by atoms with Gasteiger partial charge in [0, 0.05) is 12.2 Å². The molecule has 0 aromatic heterocycles. The molecule has 1 radical (unpaired) electrons. The Morgan fingerprint density at radius 2 is 2.33 bits per heavy atom. The molecule has 0 amide bonds. The molecule has 0 heterocycles. The summed E-state index contributed by atoms with van der Waals surface area (Å²) in [5.41, 5.74) is 0. The van der Waals surface area contributed by atoms with Crippen molar-refractivity contribution in [3.63, 3.8) is 0 Å². The van der Waals surface area contributed by atoms with Gasteiger partial charge in [0.25, 0.3) is 0 Å². The number of hydrogen-bond donors (Lipinski definition) is 1. The Hall–Kier alpha value is -0.510. The Labute approximate surface area is 57.4 Å². The Morgan fingerprint density at radius 3 is 2.78 bits per heavy atom. The van der Waals surface area contributed by atoms with Gasteiger partial charge in [-0.2, -0.15) is 0 Å². The average Bonchev–Trinajstić information content (AvgIpc) is 1.80. The summed E-state index contributed by atoms with van der Waals surface area (Å²) in [7, 11) is 0. The Bertz CT molecular complexity index is 102. The van der Waals surface area contributed by atoms with E-state index in [1.807, 2.05) is 0 Å². The van der Waals surface area contributed by atoms with E-state index >= 15 is 0 Å². The summed E-state index contributed by atoms with van der Waals surface area (Å²) in [6.45, 7) is 0. The zero-order valence-corrected chi connectivity index (χ0v) is 5.61. The highest BCUT2D eigenvalue weighted by Crippen LogP contribution is 1.99. The number of carbonyl (C=O) groups excluding carboxylic acids is 1. The van der Waals surface area contributed by atoms with E-state index in [9.17, 15) is 9.59 Å². The van der Waals surface area contributed by atoms with Gasteiger partial charge in [0.1, 0.15) is 0 Å². The van der Waals surface area contributed by atoms with Crippen LogP contribution in [0.15, 0.2) is 0 Å². The number of carboxylic acids is 1. The molecular weight excluding hydrogens is 140 g/mol. The maximum absolute atomic E-state index is 9.84. The molecule has 3 nitrogen and oxygen atoms in total. The monoisotopic (exact) mass is 147 g/mol. The number of carboxylic acid groups (broad SMARTS) is 1. The molecule has 0 aromatic carbocycles. The topological polar surface area (TPSA) is 54.4 Å². The van der Waals surface area contributed by atoms with Gasteiger partial charge >= 0.3 is 5.97 Å². The maximum atomic E-state index is 9.84. The minimum Gasteiger partial charge on any atom is -0.481 e. The van der Waals surface area contributed by atoms with E-state index in [1.165, 1.54) is 11.8 Å². The van der Waals surface area contributed by atoms with Gasteiger partial charge in [0.15, 0.2) is 6.29 Å².